The van der Waals surface area contributed by atoms with Crippen molar-refractivity contribution in [3.63, 3.8) is 0 Å². The molecule has 1 saturated carbocycles. The maximum Gasteiger partial charge on any atom is 0.242 e. The van der Waals surface area contributed by atoms with Crippen molar-refractivity contribution < 1.29 is 13.2 Å². The fourth-order valence-corrected chi connectivity index (χ4v) is 5.14. The standard InChI is InChI=1S/C22H26N2O3S/c1-15-7-4-5-9-18(15)19-14-20(19)22(25)24-12-6-8-16-13-17(10-11-21(16)24)28(26,27)23(2)3/h4-5,7,9-11,13,19-20H,6,8,12,14H2,1-3H3/t19-,20+/m0/s1. The van der Waals surface area contributed by atoms with E-state index < -0.39 is 10.0 Å². The molecule has 1 aliphatic heterocycles. The number of rotatable bonds is 4. The lowest BCUT2D eigenvalue weighted by molar-refractivity contribution is -0.120. The molecule has 2 aromatic rings. The van der Waals surface area contributed by atoms with Crippen molar-refractivity contribution in [2.45, 2.75) is 37.0 Å². The van der Waals surface area contributed by atoms with Gasteiger partial charge in [0.05, 0.1) is 4.90 Å². The normalized spacial score (nSPS) is 21.5. The molecule has 28 heavy (non-hydrogen) atoms. The fourth-order valence-electron chi connectivity index (χ4n) is 4.19. The van der Waals surface area contributed by atoms with Crippen molar-refractivity contribution in [1.29, 1.82) is 0 Å². The van der Waals surface area contributed by atoms with Crippen molar-refractivity contribution >= 4 is 21.6 Å². The van der Waals surface area contributed by atoms with E-state index in [1.807, 2.05) is 17.0 Å². The van der Waals surface area contributed by atoms with E-state index in [1.165, 1.54) is 29.5 Å². The monoisotopic (exact) mass is 398 g/mol. The highest BCUT2D eigenvalue weighted by atomic mass is 32.2. The molecule has 1 aliphatic carbocycles. The number of amides is 1. The highest BCUT2D eigenvalue weighted by Gasteiger charge is 2.47. The molecule has 0 spiro atoms. The molecule has 0 radical (unpaired) electrons. The summed E-state index contributed by atoms with van der Waals surface area (Å²) in [7, 11) is -0.409. The predicted octanol–water partition coefficient (Wildman–Crippen LogP) is 3.33. The summed E-state index contributed by atoms with van der Waals surface area (Å²) < 4.78 is 26.1. The molecule has 1 fully saturated rings. The van der Waals surface area contributed by atoms with Crippen LogP contribution in [0.15, 0.2) is 47.4 Å². The molecule has 0 saturated heterocycles. The topological polar surface area (TPSA) is 57.7 Å². The van der Waals surface area contributed by atoms with Crippen molar-refractivity contribution in [3.05, 3.63) is 59.2 Å². The Hall–Kier alpha value is -2.18. The molecule has 5 nitrogen and oxygen atoms in total. The molecule has 0 bridgehead atoms. The van der Waals surface area contributed by atoms with Crippen molar-refractivity contribution in [1.82, 2.24) is 4.31 Å². The van der Waals surface area contributed by atoms with E-state index in [0.29, 0.717) is 12.5 Å². The number of fused-ring (bicyclic) bond motifs is 1. The Bertz CT molecular complexity index is 1030. The van der Waals surface area contributed by atoms with Crippen molar-refractivity contribution in [2.24, 2.45) is 5.92 Å². The van der Waals surface area contributed by atoms with Crippen LogP contribution in [0.3, 0.4) is 0 Å². The van der Waals surface area contributed by atoms with Crippen LogP contribution in [0.2, 0.25) is 0 Å². The zero-order valence-electron chi connectivity index (χ0n) is 16.6. The summed E-state index contributed by atoms with van der Waals surface area (Å²) in [6.45, 7) is 2.79. The molecule has 0 unspecified atom stereocenters. The minimum Gasteiger partial charge on any atom is -0.312 e. The second kappa shape index (κ2) is 7.01. The number of carbonyl (C=O) groups excluding carboxylic acids is 1. The Morgan fingerprint density at radius 3 is 2.61 bits per heavy atom. The zero-order chi connectivity index (χ0) is 20.1. The van der Waals surface area contributed by atoms with E-state index in [4.69, 9.17) is 0 Å². The van der Waals surface area contributed by atoms with E-state index in [1.54, 1.807) is 18.2 Å². The summed E-state index contributed by atoms with van der Waals surface area (Å²) in [6.07, 6.45) is 2.54. The van der Waals surface area contributed by atoms with Gasteiger partial charge in [0.15, 0.2) is 0 Å². The third-order valence-corrected chi connectivity index (χ3v) is 7.72. The van der Waals surface area contributed by atoms with Crippen LogP contribution < -0.4 is 4.90 Å². The molecule has 2 aromatic carbocycles. The van der Waals surface area contributed by atoms with E-state index >= 15 is 0 Å². The first kappa shape index (κ1) is 19.2. The lowest BCUT2D eigenvalue weighted by atomic mass is 10.00. The van der Waals surface area contributed by atoms with Crippen LogP contribution in [0.25, 0.3) is 0 Å². The van der Waals surface area contributed by atoms with Crippen LogP contribution in [0.1, 0.15) is 35.4 Å². The van der Waals surface area contributed by atoms with E-state index in [9.17, 15) is 13.2 Å². The zero-order valence-corrected chi connectivity index (χ0v) is 17.4. The van der Waals surface area contributed by atoms with Crippen LogP contribution in [0.5, 0.6) is 0 Å². The van der Waals surface area contributed by atoms with Gasteiger partial charge < -0.3 is 4.90 Å². The highest BCUT2D eigenvalue weighted by Crippen LogP contribution is 2.50. The van der Waals surface area contributed by atoms with Crippen LogP contribution in [-0.2, 0) is 21.2 Å². The Labute approximate surface area is 167 Å². The first-order chi connectivity index (χ1) is 13.3. The maximum atomic E-state index is 13.2. The van der Waals surface area contributed by atoms with Crippen LogP contribution >= 0.6 is 0 Å². The number of carbonyl (C=O) groups is 1. The summed E-state index contributed by atoms with van der Waals surface area (Å²) in [5.41, 5.74) is 4.31. The van der Waals surface area contributed by atoms with Gasteiger partial charge in [-0.2, -0.15) is 0 Å². The average molecular weight is 399 g/mol. The molecule has 148 valence electrons. The number of aryl methyl sites for hydroxylation is 2. The number of anilines is 1. The SMILES string of the molecule is Cc1ccccc1[C@@H]1C[C@H]1C(=O)N1CCCc2cc(S(=O)(=O)N(C)C)ccc21. The van der Waals surface area contributed by atoms with Gasteiger partial charge in [-0.3, -0.25) is 4.79 Å². The summed E-state index contributed by atoms with van der Waals surface area (Å²) in [5.74, 6) is 0.488. The van der Waals surface area contributed by atoms with Gasteiger partial charge in [-0.15, -0.1) is 0 Å². The molecular weight excluding hydrogens is 372 g/mol. The van der Waals surface area contributed by atoms with Gasteiger partial charge in [-0.1, -0.05) is 24.3 Å². The molecular formula is C22H26N2O3S. The molecule has 0 N–H and O–H groups in total. The number of nitrogens with zero attached hydrogens (tertiary/aromatic N) is 2. The van der Waals surface area contributed by atoms with Crippen LogP contribution in [-0.4, -0.2) is 39.3 Å². The van der Waals surface area contributed by atoms with Crippen molar-refractivity contribution in [3.8, 4) is 0 Å². The summed E-state index contributed by atoms with van der Waals surface area (Å²) in [4.78, 5) is 15.4. The first-order valence-corrected chi connectivity index (χ1v) is 11.2. The molecule has 4 rings (SSSR count). The summed E-state index contributed by atoms with van der Waals surface area (Å²) in [6, 6.07) is 13.4. The quantitative estimate of drug-likeness (QED) is 0.794. The second-order valence-corrected chi connectivity index (χ2v) is 10.1. The third-order valence-electron chi connectivity index (χ3n) is 5.91. The number of hydrogen-bond donors (Lipinski definition) is 0. The third kappa shape index (κ3) is 3.25. The largest absolute Gasteiger partial charge is 0.312 e. The number of sulfonamides is 1. The minimum absolute atomic E-state index is 0.0252. The van der Waals surface area contributed by atoms with Crippen LogP contribution in [0.4, 0.5) is 5.69 Å². The van der Waals surface area contributed by atoms with E-state index in [0.717, 1.165) is 30.5 Å². The Kier molecular flexibility index (Phi) is 4.79. The second-order valence-electron chi connectivity index (χ2n) is 7.98. The summed E-state index contributed by atoms with van der Waals surface area (Å²) in [5, 5.41) is 0. The molecule has 2 aliphatic rings. The van der Waals surface area contributed by atoms with Gasteiger partial charge in [0.25, 0.3) is 0 Å². The molecule has 0 aromatic heterocycles. The molecule has 2 atom stereocenters. The van der Waals surface area contributed by atoms with Gasteiger partial charge in [-0.25, -0.2) is 12.7 Å². The van der Waals surface area contributed by atoms with Crippen molar-refractivity contribution in [2.75, 3.05) is 25.5 Å². The first-order valence-electron chi connectivity index (χ1n) is 9.73. The maximum absolute atomic E-state index is 13.2. The Balaban J connectivity index is 1.59. The van der Waals surface area contributed by atoms with Gasteiger partial charge in [-0.05, 0) is 67.0 Å². The van der Waals surface area contributed by atoms with Crippen LogP contribution in [0, 0.1) is 12.8 Å². The van der Waals surface area contributed by atoms with Gasteiger partial charge in [0.2, 0.25) is 15.9 Å². The van der Waals surface area contributed by atoms with E-state index in [-0.39, 0.29) is 16.7 Å². The Morgan fingerprint density at radius 2 is 1.89 bits per heavy atom. The van der Waals surface area contributed by atoms with Gasteiger partial charge in [0, 0.05) is 32.2 Å². The lowest BCUT2D eigenvalue weighted by Gasteiger charge is -2.30. The lowest BCUT2D eigenvalue weighted by Crippen LogP contribution is -2.37. The highest BCUT2D eigenvalue weighted by molar-refractivity contribution is 7.89. The van der Waals surface area contributed by atoms with E-state index in [2.05, 4.69) is 19.1 Å². The fraction of sp³-hybridized carbons (Fsp3) is 0.409. The molecule has 1 amide bonds. The molecule has 1 heterocycles. The predicted molar refractivity (Wildman–Crippen MR) is 110 cm³/mol. The summed E-state index contributed by atoms with van der Waals surface area (Å²) >= 11 is 0. The van der Waals surface area contributed by atoms with Gasteiger partial charge >= 0.3 is 0 Å². The van der Waals surface area contributed by atoms with Gasteiger partial charge in [0.1, 0.15) is 0 Å². The number of hydrogen-bond acceptors (Lipinski definition) is 3. The number of benzene rings is 2. The minimum atomic E-state index is -3.47. The molecule has 6 heteroatoms. The Morgan fingerprint density at radius 1 is 1.14 bits per heavy atom. The average Bonchev–Trinajstić information content (AvgIpc) is 3.47. The smallest absolute Gasteiger partial charge is 0.242 e.